The van der Waals surface area contributed by atoms with Crippen molar-refractivity contribution < 1.29 is 4.79 Å². The van der Waals surface area contributed by atoms with Crippen LogP contribution < -0.4 is 11.1 Å². The molecule has 1 aromatic heterocycles. The van der Waals surface area contributed by atoms with Crippen molar-refractivity contribution in [2.24, 2.45) is 0 Å². The first kappa shape index (κ1) is 11.3. The summed E-state index contributed by atoms with van der Waals surface area (Å²) in [4.78, 5) is 12.1. The molecular weight excluding hydrogens is 240 g/mol. The van der Waals surface area contributed by atoms with Crippen LogP contribution in [0.4, 0.5) is 11.4 Å². The number of nitrogens with two attached hydrogens (primary N) is 1. The number of carbonyl (C=O) groups excluding carboxylic acids is 1. The monoisotopic (exact) mass is 252 g/mol. The maximum Gasteiger partial charge on any atom is 0.255 e. The molecule has 2 aromatic carbocycles. The summed E-state index contributed by atoms with van der Waals surface area (Å²) in [6.45, 7) is 0. The Morgan fingerprint density at radius 2 is 1.95 bits per heavy atom. The molecule has 5 nitrogen and oxygen atoms in total. The number of fused-ring (bicyclic) bond motifs is 1. The predicted octanol–water partition coefficient (Wildman–Crippen LogP) is 2.40. The topological polar surface area (TPSA) is 83.8 Å². The van der Waals surface area contributed by atoms with Crippen LogP contribution in [-0.2, 0) is 0 Å². The SMILES string of the molecule is Nc1ccc(NC(=O)c2ccccc2)c2[nH]ncc12. The molecule has 0 aliphatic carbocycles. The van der Waals surface area contributed by atoms with Crippen LogP contribution in [0.1, 0.15) is 10.4 Å². The van der Waals surface area contributed by atoms with E-state index in [-0.39, 0.29) is 5.91 Å². The van der Waals surface area contributed by atoms with Gasteiger partial charge in [0.2, 0.25) is 0 Å². The smallest absolute Gasteiger partial charge is 0.255 e. The molecule has 3 rings (SSSR count). The number of hydrogen-bond acceptors (Lipinski definition) is 3. The van der Waals surface area contributed by atoms with Gasteiger partial charge in [-0.05, 0) is 24.3 Å². The third kappa shape index (κ3) is 2.01. The summed E-state index contributed by atoms with van der Waals surface area (Å²) in [5.74, 6) is -0.165. The highest BCUT2D eigenvalue weighted by molar-refractivity contribution is 6.09. The molecule has 0 aliphatic rings. The summed E-state index contributed by atoms with van der Waals surface area (Å²) < 4.78 is 0. The number of anilines is 2. The standard InChI is InChI=1S/C14H12N4O/c15-11-6-7-12(13-10(11)8-16-18-13)17-14(19)9-4-2-1-3-5-9/h1-8H,15H2,(H,16,18)(H,17,19). The zero-order valence-electron chi connectivity index (χ0n) is 10.1. The van der Waals surface area contributed by atoms with Gasteiger partial charge in [-0.25, -0.2) is 0 Å². The van der Waals surface area contributed by atoms with Gasteiger partial charge in [-0.2, -0.15) is 5.10 Å². The number of H-pyrrole nitrogens is 1. The Hall–Kier alpha value is -2.82. The Morgan fingerprint density at radius 1 is 1.16 bits per heavy atom. The van der Waals surface area contributed by atoms with Crippen LogP contribution >= 0.6 is 0 Å². The number of nitrogens with one attached hydrogen (secondary N) is 2. The molecule has 94 valence electrons. The first-order chi connectivity index (χ1) is 9.25. The lowest BCUT2D eigenvalue weighted by molar-refractivity contribution is 0.102. The average Bonchev–Trinajstić information content (AvgIpc) is 2.93. The van der Waals surface area contributed by atoms with Crippen LogP contribution in [0.3, 0.4) is 0 Å². The molecule has 0 fully saturated rings. The zero-order valence-corrected chi connectivity index (χ0v) is 10.1. The third-order valence-corrected chi connectivity index (χ3v) is 2.93. The van der Waals surface area contributed by atoms with E-state index < -0.39 is 0 Å². The van der Waals surface area contributed by atoms with Gasteiger partial charge in [-0.3, -0.25) is 9.89 Å². The summed E-state index contributed by atoms with van der Waals surface area (Å²) in [5.41, 5.74) is 8.46. The summed E-state index contributed by atoms with van der Waals surface area (Å²) in [7, 11) is 0. The quantitative estimate of drug-likeness (QED) is 0.612. The number of aromatic amines is 1. The molecule has 1 amide bonds. The van der Waals surface area contributed by atoms with Crippen LogP contribution in [0.25, 0.3) is 10.9 Å². The van der Waals surface area contributed by atoms with Crippen molar-refractivity contribution in [2.75, 3.05) is 11.1 Å². The van der Waals surface area contributed by atoms with E-state index in [0.29, 0.717) is 16.9 Å². The second-order valence-electron chi connectivity index (χ2n) is 4.18. The zero-order chi connectivity index (χ0) is 13.2. The number of nitrogens with zero attached hydrogens (tertiary/aromatic N) is 1. The maximum atomic E-state index is 12.1. The molecule has 0 unspecified atom stereocenters. The number of nitrogen functional groups attached to an aromatic ring is 1. The number of hydrogen-bond donors (Lipinski definition) is 3. The van der Waals surface area contributed by atoms with Crippen molar-refractivity contribution in [3.8, 4) is 0 Å². The highest BCUT2D eigenvalue weighted by Gasteiger charge is 2.10. The van der Waals surface area contributed by atoms with Crippen molar-refractivity contribution >= 4 is 28.2 Å². The Bertz CT molecular complexity index is 734. The van der Waals surface area contributed by atoms with E-state index in [9.17, 15) is 4.79 Å². The van der Waals surface area contributed by atoms with Gasteiger partial charge >= 0.3 is 0 Å². The predicted molar refractivity (Wildman–Crippen MR) is 74.9 cm³/mol. The van der Waals surface area contributed by atoms with Crippen LogP contribution in [0, 0.1) is 0 Å². The minimum Gasteiger partial charge on any atom is -0.398 e. The van der Waals surface area contributed by atoms with E-state index in [1.54, 1.807) is 30.5 Å². The van der Waals surface area contributed by atoms with Crippen molar-refractivity contribution in [1.29, 1.82) is 0 Å². The van der Waals surface area contributed by atoms with E-state index in [0.717, 1.165) is 10.9 Å². The average molecular weight is 252 g/mol. The van der Waals surface area contributed by atoms with Gasteiger partial charge in [0.05, 0.1) is 17.4 Å². The maximum absolute atomic E-state index is 12.1. The number of rotatable bonds is 2. The van der Waals surface area contributed by atoms with Crippen molar-refractivity contribution in [3.63, 3.8) is 0 Å². The largest absolute Gasteiger partial charge is 0.398 e. The lowest BCUT2D eigenvalue weighted by Crippen LogP contribution is -2.12. The van der Waals surface area contributed by atoms with E-state index in [4.69, 9.17) is 5.73 Å². The van der Waals surface area contributed by atoms with Crippen LogP contribution in [0.2, 0.25) is 0 Å². The first-order valence-corrected chi connectivity index (χ1v) is 5.83. The van der Waals surface area contributed by atoms with Crippen LogP contribution in [0.5, 0.6) is 0 Å². The molecule has 0 spiro atoms. The highest BCUT2D eigenvalue weighted by Crippen LogP contribution is 2.26. The summed E-state index contributed by atoms with van der Waals surface area (Å²) >= 11 is 0. The Balaban J connectivity index is 1.96. The van der Waals surface area contributed by atoms with Gasteiger partial charge in [-0.15, -0.1) is 0 Å². The number of aromatic nitrogens is 2. The van der Waals surface area contributed by atoms with Gasteiger partial charge in [0.25, 0.3) is 5.91 Å². The second kappa shape index (κ2) is 4.45. The molecule has 5 heteroatoms. The third-order valence-electron chi connectivity index (χ3n) is 2.93. The van der Waals surface area contributed by atoms with Gasteiger partial charge in [0.15, 0.2) is 0 Å². The molecular formula is C14H12N4O. The molecule has 0 saturated carbocycles. The summed E-state index contributed by atoms with van der Waals surface area (Å²) in [6.07, 6.45) is 1.64. The van der Waals surface area contributed by atoms with E-state index >= 15 is 0 Å². The highest BCUT2D eigenvalue weighted by atomic mass is 16.1. The minimum atomic E-state index is -0.165. The molecule has 0 atom stereocenters. The lowest BCUT2D eigenvalue weighted by Gasteiger charge is -2.07. The Kier molecular flexibility index (Phi) is 2.64. The van der Waals surface area contributed by atoms with Gasteiger partial charge in [0, 0.05) is 16.6 Å². The molecule has 0 aliphatic heterocycles. The van der Waals surface area contributed by atoms with Crippen LogP contribution in [0.15, 0.2) is 48.7 Å². The van der Waals surface area contributed by atoms with Crippen molar-refractivity contribution in [1.82, 2.24) is 10.2 Å². The fourth-order valence-corrected chi connectivity index (χ4v) is 1.94. The van der Waals surface area contributed by atoms with E-state index in [1.807, 2.05) is 18.2 Å². The van der Waals surface area contributed by atoms with Crippen molar-refractivity contribution in [3.05, 3.63) is 54.2 Å². The number of benzene rings is 2. The summed E-state index contributed by atoms with van der Waals surface area (Å²) in [5, 5.41) is 10.4. The minimum absolute atomic E-state index is 0.165. The molecule has 0 saturated heterocycles. The molecule has 0 radical (unpaired) electrons. The fraction of sp³-hybridized carbons (Fsp3) is 0. The molecule has 19 heavy (non-hydrogen) atoms. The molecule has 0 bridgehead atoms. The first-order valence-electron chi connectivity index (χ1n) is 5.83. The van der Waals surface area contributed by atoms with Gasteiger partial charge < -0.3 is 11.1 Å². The molecule has 3 aromatic rings. The normalized spacial score (nSPS) is 10.5. The van der Waals surface area contributed by atoms with E-state index in [2.05, 4.69) is 15.5 Å². The van der Waals surface area contributed by atoms with Gasteiger partial charge in [-0.1, -0.05) is 18.2 Å². The lowest BCUT2D eigenvalue weighted by atomic mass is 10.1. The van der Waals surface area contributed by atoms with E-state index in [1.165, 1.54) is 0 Å². The Morgan fingerprint density at radius 3 is 2.74 bits per heavy atom. The second-order valence-corrected chi connectivity index (χ2v) is 4.18. The summed E-state index contributed by atoms with van der Waals surface area (Å²) in [6, 6.07) is 12.5. The number of carbonyl (C=O) groups is 1. The van der Waals surface area contributed by atoms with Crippen LogP contribution in [-0.4, -0.2) is 16.1 Å². The Labute approximate surface area is 109 Å². The number of amides is 1. The molecule has 1 heterocycles. The fourth-order valence-electron chi connectivity index (χ4n) is 1.94. The molecule has 4 N–H and O–H groups in total. The van der Waals surface area contributed by atoms with Crippen molar-refractivity contribution in [2.45, 2.75) is 0 Å². The van der Waals surface area contributed by atoms with Gasteiger partial charge in [0.1, 0.15) is 0 Å².